The molecule has 7 heteroatoms. The molecule has 0 saturated heterocycles. The highest BCUT2D eigenvalue weighted by Gasteiger charge is 2.12. The monoisotopic (exact) mass is 302 g/mol. The molecule has 0 spiro atoms. The van der Waals surface area contributed by atoms with Crippen molar-refractivity contribution in [2.45, 2.75) is 42.9 Å². The summed E-state index contributed by atoms with van der Waals surface area (Å²) in [6, 6.07) is 8.11. The summed E-state index contributed by atoms with van der Waals surface area (Å²) < 4.78 is 1.58. The highest BCUT2D eigenvalue weighted by Crippen LogP contribution is 2.28. The SMILES string of the molecule is Cn1nnnc1Sc1ccc(CNC(C)(C)C)cc1C#N. The van der Waals surface area contributed by atoms with Gasteiger partial charge in [0.05, 0.1) is 5.56 Å². The normalized spacial score (nSPS) is 11.4. The van der Waals surface area contributed by atoms with Crippen molar-refractivity contribution in [3.05, 3.63) is 29.3 Å². The van der Waals surface area contributed by atoms with Crippen molar-refractivity contribution in [3.8, 4) is 6.07 Å². The van der Waals surface area contributed by atoms with Gasteiger partial charge in [0.1, 0.15) is 6.07 Å². The first-order valence-electron chi connectivity index (χ1n) is 6.57. The van der Waals surface area contributed by atoms with Crippen LogP contribution in [0.25, 0.3) is 0 Å². The Bertz CT molecular complexity index is 665. The number of benzene rings is 1. The first-order chi connectivity index (χ1) is 9.89. The van der Waals surface area contributed by atoms with Crippen LogP contribution in [0.3, 0.4) is 0 Å². The number of aryl methyl sites for hydroxylation is 1. The maximum Gasteiger partial charge on any atom is 0.213 e. The lowest BCUT2D eigenvalue weighted by molar-refractivity contribution is 0.424. The second-order valence-corrected chi connectivity index (χ2v) is 6.74. The summed E-state index contributed by atoms with van der Waals surface area (Å²) in [7, 11) is 1.77. The average Bonchev–Trinajstić information content (AvgIpc) is 2.82. The molecule has 2 aromatic rings. The molecular weight excluding hydrogens is 284 g/mol. The molecule has 0 fully saturated rings. The smallest absolute Gasteiger partial charge is 0.213 e. The van der Waals surface area contributed by atoms with Gasteiger partial charge >= 0.3 is 0 Å². The van der Waals surface area contributed by atoms with Crippen molar-refractivity contribution in [1.82, 2.24) is 25.5 Å². The van der Waals surface area contributed by atoms with Gasteiger partial charge in [-0.3, -0.25) is 0 Å². The minimum atomic E-state index is 0.0462. The lowest BCUT2D eigenvalue weighted by Gasteiger charge is -2.20. The van der Waals surface area contributed by atoms with E-state index in [1.54, 1.807) is 11.7 Å². The van der Waals surface area contributed by atoms with Crippen LogP contribution < -0.4 is 5.32 Å². The molecular formula is C14H18N6S. The van der Waals surface area contributed by atoms with E-state index in [2.05, 4.69) is 47.7 Å². The zero-order chi connectivity index (χ0) is 15.5. The first kappa shape index (κ1) is 15.5. The van der Waals surface area contributed by atoms with E-state index < -0.39 is 0 Å². The fourth-order valence-electron chi connectivity index (χ4n) is 1.64. The Morgan fingerprint density at radius 3 is 2.71 bits per heavy atom. The van der Waals surface area contributed by atoms with Gasteiger partial charge in [0.25, 0.3) is 0 Å². The molecule has 0 aliphatic heterocycles. The van der Waals surface area contributed by atoms with Crippen molar-refractivity contribution in [3.63, 3.8) is 0 Å². The predicted octanol–water partition coefficient (Wildman–Crippen LogP) is 2.12. The predicted molar refractivity (Wildman–Crippen MR) is 80.7 cm³/mol. The van der Waals surface area contributed by atoms with Gasteiger partial charge in [-0.15, -0.1) is 5.10 Å². The second kappa shape index (κ2) is 6.24. The molecule has 21 heavy (non-hydrogen) atoms. The van der Waals surface area contributed by atoms with E-state index in [4.69, 9.17) is 0 Å². The van der Waals surface area contributed by atoms with E-state index >= 15 is 0 Å². The van der Waals surface area contributed by atoms with Crippen molar-refractivity contribution in [2.24, 2.45) is 7.05 Å². The van der Waals surface area contributed by atoms with Crippen LogP contribution in [0.1, 0.15) is 31.9 Å². The summed E-state index contributed by atoms with van der Waals surface area (Å²) in [6.45, 7) is 7.07. The molecule has 0 radical (unpaired) electrons. The standard InChI is InChI=1S/C14H18N6S/c1-14(2,3)16-9-10-5-6-12(11(7-10)8-15)21-13-17-18-19-20(13)4/h5-7,16H,9H2,1-4H3. The number of hydrogen-bond acceptors (Lipinski definition) is 6. The number of tetrazole rings is 1. The third-order valence-electron chi connectivity index (χ3n) is 2.77. The molecule has 110 valence electrons. The van der Waals surface area contributed by atoms with E-state index in [0.29, 0.717) is 10.7 Å². The molecule has 1 aromatic carbocycles. The van der Waals surface area contributed by atoms with Crippen LogP contribution >= 0.6 is 11.8 Å². The highest BCUT2D eigenvalue weighted by molar-refractivity contribution is 7.99. The molecule has 0 unspecified atom stereocenters. The molecule has 6 nitrogen and oxygen atoms in total. The Balaban J connectivity index is 2.17. The molecule has 0 aliphatic rings. The van der Waals surface area contributed by atoms with Crippen LogP contribution in [-0.2, 0) is 13.6 Å². The Morgan fingerprint density at radius 2 is 2.14 bits per heavy atom. The quantitative estimate of drug-likeness (QED) is 0.932. The Kier molecular flexibility index (Phi) is 4.60. The van der Waals surface area contributed by atoms with Gasteiger partial charge in [0.2, 0.25) is 5.16 Å². The first-order valence-corrected chi connectivity index (χ1v) is 7.39. The van der Waals surface area contributed by atoms with Crippen molar-refractivity contribution in [1.29, 1.82) is 5.26 Å². The minimum absolute atomic E-state index is 0.0462. The summed E-state index contributed by atoms with van der Waals surface area (Å²) in [5.74, 6) is 0. The Morgan fingerprint density at radius 1 is 1.38 bits per heavy atom. The summed E-state index contributed by atoms with van der Waals surface area (Å²) >= 11 is 1.39. The van der Waals surface area contributed by atoms with Crippen LogP contribution in [0.5, 0.6) is 0 Å². The van der Waals surface area contributed by atoms with E-state index in [9.17, 15) is 5.26 Å². The third-order valence-corrected chi connectivity index (χ3v) is 3.87. The summed E-state index contributed by atoms with van der Waals surface area (Å²) in [5.41, 5.74) is 1.77. The van der Waals surface area contributed by atoms with Gasteiger partial charge in [0.15, 0.2) is 0 Å². The number of nitrogens with zero attached hydrogens (tertiary/aromatic N) is 5. The van der Waals surface area contributed by atoms with Gasteiger partial charge in [-0.1, -0.05) is 6.07 Å². The van der Waals surface area contributed by atoms with E-state index in [1.807, 2.05) is 18.2 Å². The molecule has 0 saturated carbocycles. The van der Waals surface area contributed by atoms with Crippen molar-refractivity contribution < 1.29 is 0 Å². The van der Waals surface area contributed by atoms with E-state index in [0.717, 1.165) is 17.0 Å². The number of hydrogen-bond donors (Lipinski definition) is 1. The molecule has 0 bridgehead atoms. The fourth-order valence-corrected chi connectivity index (χ4v) is 2.43. The van der Waals surface area contributed by atoms with Gasteiger partial charge in [-0.05, 0) is 60.7 Å². The molecule has 2 rings (SSSR count). The van der Waals surface area contributed by atoms with Gasteiger partial charge < -0.3 is 5.32 Å². The van der Waals surface area contributed by atoms with Gasteiger partial charge in [-0.2, -0.15) is 5.26 Å². The lowest BCUT2D eigenvalue weighted by Crippen LogP contribution is -2.35. The van der Waals surface area contributed by atoms with Gasteiger partial charge in [-0.25, -0.2) is 4.68 Å². The van der Waals surface area contributed by atoms with Crippen LogP contribution in [0.15, 0.2) is 28.3 Å². The zero-order valence-electron chi connectivity index (χ0n) is 12.6. The summed E-state index contributed by atoms with van der Waals surface area (Å²) in [5, 5.41) is 24.7. The molecule has 0 atom stereocenters. The molecule has 1 heterocycles. The number of aromatic nitrogens is 4. The number of nitriles is 1. The minimum Gasteiger partial charge on any atom is -0.308 e. The Hall–Kier alpha value is -1.91. The van der Waals surface area contributed by atoms with Crippen LogP contribution in [-0.4, -0.2) is 25.7 Å². The van der Waals surface area contributed by atoms with Gasteiger partial charge in [0, 0.05) is 24.0 Å². The van der Waals surface area contributed by atoms with Crippen molar-refractivity contribution >= 4 is 11.8 Å². The Labute approximate surface area is 128 Å². The molecule has 1 aromatic heterocycles. The van der Waals surface area contributed by atoms with Crippen LogP contribution in [0.4, 0.5) is 0 Å². The molecule has 0 amide bonds. The average molecular weight is 302 g/mol. The zero-order valence-corrected chi connectivity index (χ0v) is 13.4. The molecule has 0 aliphatic carbocycles. The largest absolute Gasteiger partial charge is 0.308 e. The lowest BCUT2D eigenvalue weighted by atomic mass is 10.1. The summed E-state index contributed by atoms with van der Waals surface area (Å²) in [4.78, 5) is 0.856. The highest BCUT2D eigenvalue weighted by atomic mass is 32.2. The number of nitrogens with one attached hydrogen (secondary N) is 1. The number of rotatable bonds is 4. The van der Waals surface area contributed by atoms with Crippen LogP contribution in [0, 0.1) is 11.3 Å². The maximum atomic E-state index is 9.33. The van der Waals surface area contributed by atoms with Crippen LogP contribution in [0.2, 0.25) is 0 Å². The van der Waals surface area contributed by atoms with Crippen molar-refractivity contribution in [2.75, 3.05) is 0 Å². The molecule has 1 N–H and O–H groups in total. The maximum absolute atomic E-state index is 9.33. The summed E-state index contributed by atoms with van der Waals surface area (Å²) in [6.07, 6.45) is 0. The second-order valence-electron chi connectivity index (χ2n) is 5.73. The fraction of sp³-hybridized carbons (Fsp3) is 0.429. The van der Waals surface area contributed by atoms with E-state index in [-0.39, 0.29) is 5.54 Å². The van der Waals surface area contributed by atoms with E-state index in [1.165, 1.54) is 11.8 Å². The topological polar surface area (TPSA) is 79.4 Å². The third kappa shape index (κ3) is 4.28.